The Morgan fingerprint density at radius 2 is 2.00 bits per heavy atom. The van der Waals surface area contributed by atoms with E-state index >= 15 is 0 Å². The molecule has 0 bridgehead atoms. The third-order valence-corrected chi connectivity index (χ3v) is 4.55. The van der Waals surface area contributed by atoms with Gasteiger partial charge in [-0.25, -0.2) is 8.42 Å². The normalized spacial score (nSPS) is 15.0. The number of fused-ring (bicyclic) bond motifs is 1. The van der Waals surface area contributed by atoms with Gasteiger partial charge in [0.1, 0.15) is 5.69 Å². The van der Waals surface area contributed by atoms with Crippen LogP contribution in [0.2, 0.25) is 0 Å². The van der Waals surface area contributed by atoms with Gasteiger partial charge in [0.15, 0.2) is 0 Å². The van der Waals surface area contributed by atoms with E-state index in [9.17, 15) is 21.6 Å². The molecule has 2 aromatic rings. The van der Waals surface area contributed by atoms with E-state index < -0.39 is 21.9 Å². The van der Waals surface area contributed by atoms with Crippen molar-refractivity contribution in [3.8, 4) is 0 Å². The van der Waals surface area contributed by atoms with Gasteiger partial charge in [-0.2, -0.15) is 13.2 Å². The molecule has 0 saturated heterocycles. The van der Waals surface area contributed by atoms with Crippen LogP contribution in [0.3, 0.4) is 0 Å². The molecular weight excluding hydrogens is 355 g/mol. The molecule has 0 atom stereocenters. The molecule has 1 N–H and O–H groups in total. The van der Waals surface area contributed by atoms with Gasteiger partial charge in [0.05, 0.1) is 11.9 Å². The summed E-state index contributed by atoms with van der Waals surface area (Å²) in [5, 5.41) is 0. The van der Waals surface area contributed by atoms with E-state index in [4.69, 9.17) is 0 Å². The van der Waals surface area contributed by atoms with E-state index in [-0.39, 0.29) is 0 Å². The van der Waals surface area contributed by atoms with Gasteiger partial charge < -0.3 is 4.90 Å². The van der Waals surface area contributed by atoms with Gasteiger partial charge in [0.2, 0.25) is 10.0 Å². The van der Waals surface area contributed by atoms with Crippen LogP contribution >= 0.6 is 0 Å². The number of benzene rings is 1. The average molecular weight is 371 g/mol. The number of nitrogens with zero attached hydrogens (tertiary/aromatic N) is 2. The number of alkyl halides is 3. The zero-order chi connectivity index (χ0) is 18.2. The summed E-state index contributed by atoms with van der Waals surface area (Å²) in [6.45, 7) is 0.882. The van der Waals surface area contributed by atoms with E-state index in [1.54, 1.807) is 18.2 Å². The number of pyridine rings is 1. The highest BCUT2D eigenvalue weighted by atomic mass is 32.2. The standard InChI is InChI=1S/C16H16F3N3O2S/c1-25(23,24)21-14-4-2-3-11-10-22(8-6-13(11)14)12-5-7-20-15(9-12)16(17,18)19/h2-5,7,9,21H,6,8,10H2,1H3. The fraction of sp³-hybridized carbons (Fsp3) is 0.312. The summed E-state index contributed by atoms with van der Waals surface area (Å²) in [6, 6.07) is 7.83. The monoisotopic (exact) mass is 371 g/mol. The average Bonchev–Trinajstić information content (AvgIpc) is 2.52. The molecule has 0 unspecified atom stereocenters. The number of anilines is 2. The highest BCUT2D eigenvalue weighted by Gasteiger charge is 2.33. The lowest BCUT2D eigenvalue weighted by atomic mass is 9.97. The minimum atomic E-state index is -4.49. The fourth-order valence-corrected chi connectivity index (χ4v) is 3.49. The molecule has 134 valence electrons. The molecule has 0 saturated carbocycles. The Bertz CT molecular complexity index is 898. The highest BCUT2D eigenvalue weighted by molar-refractivity contribution is 7.92. The maximum absolute atomic E-state index is 12.8. The minimum absolute atomic E-state index is 0.399. The molecule has 5 nitrogen and oxygen atoms in total. The Hall–Kier alpha value is -2.29. The lowest BCUT2D eigenvalue weighted by molar-refractivity contribution is -0.141. The predicted octanol–water partition coefficient (Wildman–Crippen LogP) is 3.03. The molecule has 1 aliphatic heterocycles. The molecule has 0 radical (unpaired) electrons. The second-order valence-corrected chi connectivity index (χ2v) is 7.63. The number of aromatic nitrogens is 1. The number of hydrogen-bond donors (Lipinski definition) is 1. The van der Waals surface area contributed by atoms with Crippen molar-refractivity contribution in [2.45, 2.75) is 19.1 Å². The summed E-state index contributed by atoms with van der Waals surface area (Å²) in [5.74, 6) is 0. The number of halogens is 3. The number of nitrogens with one attached hydrogen (secondary N) is 1. The number of sulfonamides is 1. The lowest BCUT2D eigenvalue weighted by Crippen LogP contribution is -2.31. The molecule has 0 fully saturated rings. The van der Waals surface area contributed by atoms with Crippen molar-refractivity contribution < 1.29 is 21.6 Å². The summed E-state index contributed by atoms with van der Waals surface area (Å²) in [4.78, 5) is 5.20. The first kappa shape index (κ1) is 17.5. The van der Waals surface area contributed by atoms with Gasteiger partial charge in [-0.3, -0.25) is 9.71 Å². The Kier molecular flexibility index (Phi) is 4.36. The molecule has 0 aliphatic carbocycles. The zero-order valence-electron chi connectivity index (χ0n) is 13.3. The van der Waals surface area contributed by atoms with Crippen molar-refractivity contribution in [2.24, 2.45) is 0 Å². The summed E-state index contributed by atoms with van der Waals surface area (Å²) >= 11 is 0. The van der Waals surface area contributed by atoms with Gasteiger partial charge in [-0.15, -0.1) is 0 Å². The maximum atomic E-state index is 12.8. The van der Waals surface area contributed by atoms with Gasteiger partial charge in [-0.1, -0.05) is 12.1 Å². The smallest absolute Gasteiger partial charge is 0.367 e. The Balaban J connectivity index is 1.89. The second-order valence-electron chi connectivity index (χ2n) is 5.89. The Labute approximate surface area is 143 Å². The number of rotatable bonds is 3. The van der Waals surface area contributed by atoms with Crippen LogP contribution in [0.25, 0.3) is 0 Å². The molecule has 3 rings (SSSR count). The van der Waals surface area contributed by atoms with Gasteiger partial charge in [0.25, 0.3) is 0 Å². The van der Waals surface area contributed by atoms with Crippen molar-refractivity contribution in [2.75, 3.05) is 22.4 Å². The van der Waals surface area contributed by atoms with Crippen LogP contribution in [0.1, 0.15) is 16.8 Å². The third-order valence-electron chi connectivity index (χ3n) is 3.96. The first-order chi connectivity index (χ1) is 11.6. The number of hydrogen-bond acceptors (Lipinski definition) is 4. The first-order valence-electron chi connectivity index (χ1n) is 7.50. The third kappa shape index (κ3) is 4.04. The molecular formula is C16H16F3N3O2S. The fourth-order valence-electron chi connectivity index (χ4n) is 2.90. The summed E-state index contributed by atoms with van der Waals surface area (Å²) in [7, 11) is -3.40. The molecule has 2 heterocycles. The van der Waals surface area contributed by atoms with Gasteiger partial charge in [0, 0.05) is 25.0 Å². The SMILES string of the molecule is CS(=O)(=O)Nc1cccc2c1CCN(c1ccnc(C(F)(F)F)c1)C2. The maximum Gasteiger partial charge on any atom is 0.433 e. The summed E-state index contributed by atoms with van der Waals surface area (Å²) < 4.78 is 63.9. The zero-order valence-corrected chi connectivity index (χ0v) is 14.2. The summed E-state index contributed by atoms with van der Waals surface area (Å²) in [6.07, 6.45) is -1.74. The molecule has 0 spiro atoms. The van der Waals surface area contributed by atoms with Crippen LogP contribution < -0.4 is 9.62 Å². The highest BCUT2D eigenvalue weighted by Crippen LogP contribution is 2.33. The van der Waals surface area contributed by atoms with Crippen molar-refractivity contribution >= 4 is 21.4 Å². The van der Waals surface area contributed by atoms with Crippen LogP contribution in [0.4, 0.5) is 24.5 Å². The minimum Gasteiger partial charge on any atom is -0.367 e. The van der Waals surface area contributed by atoms with Gasteiger partial charge in [-0.05, 0) is 35.7 Å². The van der Waals surface area contributed by atoms with Crippen molar-refractivity contribution in [1.29, 1.82) is 0 Å². The Morgan fingerprint density at radius 1 is 1.24 bits per heavy atom. The first-order valence-corrected chi connectivity index (χ1v) is 9.39. The van der Waals surface area contributed by atoms with E-state index in [1.165, 1.54) is 0 Å². The summed E-state index contributed by atoms with van der Waals surface area (Å²) in [5.41, 5.74) is 1.78. The molecule has 25 heavy (non-hydrogen) atoms. The molecule has 1 aliphatic rings. The van der Waals surface area contributed by atoms with Crippen LogP contribution in [0, 0.1) is 0 Å². The van der Waals surface area contributed by atoms with Crippen molar-refractivity contribution in [3.05, 3.63) is 53.3 Å². The largest absolute Gasteiger partial charge is 0.433 e. The lowest BCUT2D eigenvalue weighted by Gasteiger charge is -2.32. The van der Waals surface area contributed by atoms with Gasteiger partial charge >= 0.3 is 6.18 Å². The van der Waals surface area contributed by atoms with Crippen LogP contribution in [0.15, 0.2) is 36.5 Å². The van der Waals surface area contributed by atoms with E-state index in [2.05, 4.69) is 9.71 Å². The molecule has 9 heteroatoms. The van der Waals surface area contributed by atoms with E-state index in [0.29, 0.717) is 30.9 Å². The van der Waals surface area contributed by atoms with Crippen molar-refractivity contribution in [3.63, 3.8) is 0 Å². The quantitative estimate of drug-likeness (QED) is 0.901. The predicted molar refractivity (Wildman–Crippen MR) is 88.9 cm³/mol. The second kappa shape index (κ2) is 6.21. The van der Waals surface area contributed by atoms with E-state index in [0.717, 1.165) is 29.6 Å². The molecule has 0 amide bonds. The molecule has 1 aromatic carbocycles. The van der Waals surface area contributed by atoms with Crippen LogP contribution in [-0.4, -0.2) is 26.2 Å². The molecule has 1 aromatic heterocycles. The topological polar surface area (TPSA) is 62.3 Å². The Morgan fingerprint density at radius 3 is 2.68 bits per heavy atom. The van der Waals surface area contributed by atoms with E-state index in [1.807, 2.05) is 11.0 Å². The van der Waals surface area contributed by atoms with Crippen LogP contribution in [-0.2, 0) is 29.2 Å². The van der Waals surface area contributed by atoms with Crippen molar-refractivity contribution in [1.82, 2.24) is 4.98 Å². The van der Waals surface area contributed by atoms with Crippen LogP contribution in [0.5, 0.6) is 0 Å².